The van der Waals surface area contributed by atoms with Crippen molar-refractivity contribution in [1.29, 1.82) is 0 Å². The highest BCUT2D eigenvalue weighted by Crippen LogP contribution is 2.40. The Kier molecular flexibility index (Phi) is 2.18. The van der Waals surface area contributed by atoms with E-state index in [1.807, 2.05) is 0 Å². The van der Waals surface area contributed by atoms with Crippen LogP contribution in [0, 0.1) is 0 Å². The van der Waals surface area contributed by atoms with E-state index in [2.05, 4.69) is 6.07 Å². The number of amides is 1. The van der Waals surface area contributed by atoms with Gasteiger partial charge in [0.2, 0.25) is 0 Å². The van der Waals surface area contributed by atoms with Crippen molar-refractivity contribution in [3.05, 3.63) is 28.3 Å². The molecule has 4 nitrogen and oxygen atoms in total. The Morgan fingerprint density at radius 3 is 2.76 bits per heavy atom. The van der Waals surface area contributed by atoms with Gasteiger partial charge in [0.1, 0.15) is 5.75 Å². The van der Waals surface area contributed by atoms with Crippen LogP contribution in [-0.4, -0.2) is 11.9 Å². The standard InChI is InChI=1S/C13H13NO3/c14-13(16)17-12-9-3-1-2-7(9)6-8-4-5-10(15)11(8)12/h6H,1-5H2,(H2,14,16). The number of ether oxygens (including phenoxy) is 1. The van der Waals surface area contributed by atoms with Gasteiger partial charge in [-0.3, -0.25) is 4.79 Å². The second-order valence-corrected chi connectivity index (χ2v) is 4.58. The van der Waals surface area contributed by atoms with Crippen LogP contribution in [0.4, 0.5) is 4.79 Å². The van der Waals surface area contributed by atoms with Crippen molar-refractivity contribution >= 4 is 11.9 Å². The molecule has 3 rings (SSSR count). The molecule has 17 heavy (non-hydrogen) atoms. The van der Waals surface area contributed by atoms with Gasteiger partial charge in [0.25, 0.3) is 0 Å². The number of aryl methyl sites for hydroxylation is 2. The van der Waals surface area contributed by atoms with Gasteiger partial charge in [0, 0.05) is 6.42 Å². The van der Waals surface area contributed by atoms with Crippen molar-refractivity contribution in [2.24, 2.45) is 5.73 Å². The van der Waals surface area contributed by atoms with E-state index in [0.717, 1.165) is 36.8 Å². The Labute approximate surface area is 98.8 Å². The number of carbonyl (C=O) groups is 2. The van der Waals surface area contributed by atoms with Crippen LogP contribution in [-0.2, 0) is 19.3 Å². The molecule has 2 aliphatic rings. The molecule has 2 aliphatic carbocycles. The van der Waals surface area contributed by atoms with Crippen molar-refractivity contribution in [2.75, 3.05) is 0 Å². The van der Waals surface area contributed by atoms with Crippen LogP contribution < -0.4 is 10.5 Å². The summed E-state index contributed by atoms with van der Waals surface area (Å²) in [6, 6.07) is 2.09. The summed E-state index contributed by atoms with van der Waals surface area (Å²) in [7, 11) is 0. The fraction of sp³-hybridized carbons (Fsp3) is 0.385. The minimum Gasteiger partial charge on any atom is -0.409 e. The lowest BCUT2D eigenvalue weighted by Gasteiger charge is -2.12. The third kappa shape index (κ3) is 1.52. The number of ketones is 1. The second kappa shape index (κ2) is 3.58. The van der Waals surface area contributed by atoms with Crippen LogP contribution in [0.2, 0.25) is 0 Å². The molecule has 0 heterocycles. The molecule has 0 radical (unpaired) electrons. The van der Waals surface area contributed by atoms with Crippen molar-refractivity contribution in [1.82, 2.24) is 0 Å². The van der Waals surface area contributed by atoms with E-state index in [0.29, 0.717) is 17.7 Å². The molecular weight excluding hydrogens is 218 g/mol. The SMILES string of the molecule is NC(=O)Oc1c2c(cc3c1C(=O)CC3)CCC2. The maximum absolute atomic E-state index is 11.8. The first-order valence-electron chi connectivity index (χ1n) is 5.85. The maximum atomic E-state index is 11.8. The largest absolute Gasteiger partial charge is 0.409 e. The first kappa shape index (κ1) is 10.3. The Morgan fingerprint density at radius 1 is 1.18 bits per heavy atom. The third-order valence-corrected chi connectivity index (χ3v) is 3.53. The van der Waals surface area contributed by atoms with Crippen LogP contribution >= 0.6 is 0 Å². The van der Waals surface area contributed by atoms with Crippen LogP contribution in [0.5, 0.6) is 5.75 Å². The molecular formula is C13H13NO3. The predicted octanol–water partition coefficient (Wildman–Crippen LogP) is 1.76. The van der Waals surface area contributed by atoms with Gasteiger partial charge in [-0.25, -0.2) is 4.79 Å². The first-order valence-corrected chi connectivity index (χ1v) is 5.85. The molecule has 4 heteroatoms. The van der Waals surface area contributed by atoms with E-state index in [1.165, 1.54) is 5.56 Å². The fourth-order valence-electron chi connectivity index (χ4n) is 2.85. The summed E-state index contributed by atoms with van der Waals surface area (Å²) in [5.41, 5.74) is 8.88. The molecule has 2 N–H and O–H groups in total. The number of carbonyl (C=O) groups excluding carboxylic acids is 2. The predicted molar refractivity (Wildman–Crippen MR) is 61.3 cm³/mol. The highest BCUT2D eigenvalue weighted by molar-refractivity contribution is 6.04. The maximum Gasteiger partial charge on any atom is 0.409 e. The zero-order valence-electron chi connectivity index (χ0n) is 9.41. The van der Waals surface area contributed by atoms with Crippen LogP contribution in [0.3, 0.4) is 0 Å². The lowest BCUT2D eigenvalue weighted by Crippen LogP contribution is -2.19. The number of fused-ring (bicyclic) bond motifs is 2. The van der Waals surface area contributed by atoms with Crippen molar-refractivity contribution in [2.45, 2.75) is 32.1 Å². The summed E-state index contributed by atoms with van der Waals surface area (Å²) in [6.07, 6.45) is 3.31. The van der Waals surface area contributed by atoms with Gasteiger partial charge >= 0.3 is 6.09 Å². The Bertz CT molecular complexity index is 534. The van der Waals surface area contributed by atoms with Crippen LogP contribution in [0.25, 0.3) is 0 Å². The topological polar surface area (TPSA) is 69.4 Å². The molecule has 0 fully saturated rings. The summed E-state index contributed by atoms with van der Waals surface area (Å²) in [4.78, 5) is 22.8. The van der Waals surface area contributed by atoms with Gasteiger partial charge in [0.15, 0.2) is 5.78 Å². The van der Waals surface area contributed by atoms with Gasteiger partial charge in [0.05, 0.1) is 5.56 Å². The minimum atomic E-state index is -0.841. The van der Waals surface area contributed by atoms with Crippen molar-refractivity contribution in [3.8, 4) is 5.75 Å². The summed E-state index contributed by atoms with van der Waals surface area (Å²) >= 11 is 0. The minimum absolute atomic E-state index is 0.0611. The Balaban J connectivity index is 2.22. The highest BCUT2D eigenvalue weighted by Gasteiger charge is 2.30. The Hall–Kier alpha value is -1.84. The first-order chi connectivity index (χ1) is 8.16. The number of hydrogen-bond donors (Lipinski definition) is 1. The third-order valence-electron chi connectivity index (χ3n) is 3.53. The summed E-state index contributed by atoms with van der Waals surface area (Å²) in [5.74, 6) is 0.496. The van der Waals surface area contributed by atoms with Gasteiger partial charge in [-0.2, -0.15) is 0 Å². The second-order valence-electron chi connectivity index (χ2n) is 4.58. The summed E-state index contributed by atoms with van der Waals surface area (Å²) < 4.78 is 5.09. The highest BCUT2D eigenvalue weighted by atomic mass is 16.5. The quantitative estimate of drug-likeness (QED) is 0.800. The average Bonchev–Trinajstić information content (AvgIpc) is 2.85. The van der Waals surface area contributed by atoms with Gasteiger partial charge < -0.3 is 10.5 Å². The zero-order chi connectivity index (χ0) is 12.0. The van der Waals surface area contributed by atoms with E-state index in [9.17, 15) is 9.59 Å². The monoisotopic (exact) mass is 231 g/mol. The molecule has 0 unspecified atom stereocenters. The molecule has 1 aromatic rings. The normalized spacial score (nSPS) is 16.8. The fourth-order valence-corrected chi connectivity index (χ4v) is 2.85. The lowest BCUT2D eigenvalue weighted by molar-refractivity contribution is 0.0992. The van der Waals surface area contributed by atoms with E-state index in [1.54, 1.807) is 0 Å². The van der Waals surface area contributed by atoms with E-state index >= 15 is 0 Å². The summed E-state index contributed by atoms with van der Waals surface area (Å²) in [5, 5.41) is 0. The van der Waals surface area contributed by atoms with Crippen LogP contribution in [0.15, 0.2) is 6.07 Å². The Morgan fingerprint density at radius 2 is 2.00 bits per heavy atom. The van der Waals surface area contributed by atoms with E-state index in [-0.39, 0.29) is 5.78 Å². The van der Waals surface area contributed by atoms with Gasteiger partial charge in [-0.1, -0.05) is 6.07 Å². The number of Topliss-reactive ketones (excluding diaryl/α,β-unsaturated/α-hetero) is 1. The number of nitrogens with two attached hydrogens (primary N) is 1. The van der Waals surface area contributed by atoms with Gasteiger partial charge in [-0.15, -0.1) is 0 Å². The average molecular weight is 231 g/mol. The molecule has 88 valence electrons. The number of hydrogen-bond acceptors (Lipinski definition) is 3. The molecule has 0 saturated heterocycles. The van der Waals surface area contributed by atoms with E-state index < -0.39 is 6.09 Å². The summed E-state index contributed by atoms with van der Waals surface area (Å²) in [6.45, 7) is 0. The number of primary amides is 1. The van der Waals surface area contributed by atoms with Crippen molar-refractivity contribution in [3.63, 3.8) is 0 Å². The van der Waals surface area contributed by atoms with Crippen molar-refractivity contribution < 1.29 is 14.3 Å². The zero-order valence-corrected chi connectivity index (χ0v) is 9.41. The molecule has 1 aromatic carbocycles. The van der Waals surface area contributed by atoms with Gasteiger partial charge in [-0.05, 0) is 42.4 Å². The number of benzene rings is 1. The molecule has 0 bridgehead atoms. The van der Waals surface area contributed by atoms with Crippen LogP contribution in [0.1, 0.15) is 39.9 Å². The molecule has 0 aromatic heterocycles. The molecule has 0 saturated carbocycles. The molecule has 1 amide bonds. The molecule has 0 atom stereocenters. The molecule has 0 aliphatic heterocycles. The molecule has 0 spiro atoms. The number of rotatable bonds is 1. The lowest BCUT2D eigenvalue weighted by atomic mass is 10.00. The smallest absolute Gasteiger partial charge is 0.409 e. The van der Waals surface area contributed by atoms with E-state index in [4.69, 9.17) is 10.5 Å².